The SMILES string of the molecule is COC(=O)[C@@H]1CC=CC[C@@H]1C(=O)O. The van der Waals surface area contributed by atoms with Crippen LogP contribution in [0.15, 0.2) is 12.2 Å². The van der Waals surface area contributed by atoms with E-state index in [9.17, 15) is 9.59 Å². The molecule has 0 bridgehead atoms. The summed E-state index contributed by atoms with van der Waals surface area (Å²) in [6, 6.07) is 0. The van der Waals surface area contributed by atoms with Gasteiger partial charge in [0, 0.05) is 0 Å². The maximum absolute atomic E-state index is 11.2. The molecular formula is C9H12O4. The largest absolute Gasteiger partial charge is 0.481 e. The first kappa shape index (κ1) is 9.77. The Bertz CT molecular complexity index is 244. The molecule has 1 N–H and O–H groups in total. The molecule has 13 heavy (non-hydrogen) atoms. The van der Waals surface area contributed by atoms with Crippen LogP contribution in [0.2, 0.25) is 0 Å². The molecule has 0 fully saturated rings. The summed E-state index contributed by atoms with van der Waals surface area (Å²) in [6.07, 6.45) is 4.48. The summed E-state index contributed by atoms with van der Waals surface area (Å²) in [7, 11) is 1.28. The van der Waals surface area contributed by atoms with Crippen LogP contribution in [-0.2, 0) is 14.3 Å². The zero-order valence-electron chi connectivity index (χ0n) is 7.40. The highest BCUT2D eigenvalue weighted by atomic mass is 16.5. The minimum absolute atomic E-state index is 0.412. The molecular weight excluding hydrogens is 172 g/mol. The lowest BCUT2D eigenvalue weighted by Gasteiger charge is -2.22. The Kier molecular flexibility index (Phi) is 3.06. The van der Waals surface area contributed by atoms with E-state index in [-0.39, 0.29) is 0 Å². The van der Waals surface area contributed by atoms with Crippen molar-refractivity contribution in [3.8, 4) is 0 Å². The molecule has 1 rings (SSSR count). The number of carboxylic acid groups (broad SMARTS) is 1. The highest BCUT2D eigenvalue weighted by Crippen LogP contribution is 2.26. The van der Waals surface area contributed by atoms with Crippen molar-refractivity contribution in [1.82, 2.24) is 0 Å². The number of hydrogen-bond donors (Lipinski definition) is 1. The second-order valence-corrected chi connectivity index (χ2v) is 3.02. The standard InChI is InChI=1S/C9H12O4/c1-13-9(12)7-5-3-2-4-6(7)8(10)11/h2-3,6-7H,4-5H2,1H3,(H,10,11)/t6-,7+/m0/s1. The summed E-state index contributed by atoms with van der Waals surface area (Å²) in [5.41, 5.74) is 0. The minimum atomic E-state index is -0.931. The van der Waals surface area contributed by atoms with Crippen LogP contribution in [0.1, 0.15) is 12.8 Å². The van der Waals surface area contributed by atoms with Crippen molar-refractivity contribution in [3.05, 3.63) is 12.2 Å². The number of allylic oxidation sites excluding steroid dienone is 2. The summed E-state index contributed by atoms with van der Waals surface area (Å²) >= 11 is 0. The van der Waals surface area contributed by atoms with Gasteiger partial charge in [-0.3, -0.25) is 9.59 Å². The van der Waals surface area contributed by atoms with Crippen molar-refractivity contribution in [3.63, 3.8) is 0 Å². The molecule has 0 aromatic heterocycles. The molecule has 0 amide bonds. The molecule has 0 aromatic carbocycles. The first-order valence-electron chi connectivity index (χ1n) is 4.12. The van der Waals surface area contributed by atoms with Crippen molar-refractivity contribution >= 4 is 11.9 Å². The van der Waals surface area contributed by atoms with Crippen LogP contribution < -0.4 is 0 Å². The third-order valence-electron chi connectivity index (χ3n) is 2.25. The fourth-order valence-corrected chi connectivity index (χ4v) is 1.50. The van der Waals surface area contributed by atoms with Gasteiger partial charge in [-0.1, -0.05) is 12.2 Å². The minimum Gasteiger partial charge on any atom is -0.481 e. The first-order valence-corrected chi connectivity index (χ1v) is 4.12. The highest BCUT2D eigenvalue weighted by molar-refractivity contribution is 5.81. The number of carbonyl (C=O) groups is 2. The third-order valence-corrected chi connectivity index (χ3v) is 2.25. The Morgan fingerprint density at radius 3 is 2.31 bits per heavy atom. The molecule has 0 spiro atoms. The number of carboxylic acids is 1. The monoisotopic (exact) mass is 184 g/mol. The molecule has 0 heterocycles. The molecule has 4 nitrogen and oxygen atoms in total. The normalized spacial score (nSPS) is 26.8. The fraction of sp³-hybridized carbons (Fsp3) is 0.556. The molecule has 2 atom stereocenters. The van der Waals surface area contributed by atoms with Crippen molar-refractivity contribution < 1.29 is 19.4 Å². The lowest BCUT2D eigenvalue weighted by Crippen LogP contribution is -2.31. The lowest BCUT2D eigenvalue weighted by atomic mass is 9.83. The zero-order chi connectivity index (χ0) is 9.84. The Morgan fingerprint density at radius 1 is 1.31 bits per heavy atom. The molecule has 4 heteroatoms. The van der Waals surface area contributed by atoms with Crippen LogP contribution >= 0.6 is 0 Å². The summed E-state index contributed by atoms with van der Waals surface area (Å²) < 4.78 is 4.53. The lowest BCUT2D eigenvalue weighted by molar-refractivity contribution is -0.155. The predicted molar refractivity (Wildman–Crippen MR) is 45.0 cm³/mol. The molecule has 0 saturated heterocycles. The van der Waals surface area contributed by atoms with E-state index in [0.717, 1.165) is 0 Å². The average Bonchev–Trinajstić information content (AvgIpc) is 2.16. The zero-order valence-corrected chi connectivity index (χ0v) is 7.40. The fourth-order valence-electron chi connectivity index (χ4n) is 1.50. The molecule has 0 aliphatic heterocycles. The van der Waals surface area contributed by atoms with Gasteiger partial charge >= 0.3 is 11.9 Å². The van der Waals surface area contributed by atoms with Crippen LogP contribution in [0, 0.1) is 11.8 Å². The van der Waals surface area contributed by atoms with Crippen molar-refractivity contribution in [1.29, 1.82) is 0 Å². The van der Waals surface area contributed by atoms with Gasteiger partial charge in [-0.05, 0) is 12.8 Å². The molecule has 0 unspecified atom stereocenters. The van der Waals surface area contributed by atoms with Gasteiger partial charge in [0.15, 0.2) is 0 Å². The number of aliphatic carboxylic acids is 1. The average molecular weight is 184 g/mol. The van der Waals surface area contributed by atoms with Gasteiger partial charge in [-0.25, -0.2) is 0 Å². The Balaban J connectivity index is 2.75. The van der Waals surface area contributed by atoms with E-state index in [1.165, 1.54) is 7.11 Å². The number of ether oxygens (including phenoxy) is 1. The maximum Gasteiger partial charge on any atom is 0.309 e. The van der Waals surface area contributed by atoms with E-state index >= 15 is 0 Å². The summed E-state index contributed by atoms with van der Waals surface area (Å²) in [5, 5.41) is 8.81. The quantitative estimate of drug-likeness (QED) is 0.510. The van der Waals surface area contributed by atoms with Crippen LogP contribution in [0.4, 0.5) is 0 Å². The van der Waals surface area contributed by atoms with Gasteiger partial charge in [0.25, 0.3) is 0 Å². The van der Waals surface area contributed by atoms with Crippen molar-refractivity contribution in [2.75, 3.05) is 7.11 Å². The Hall–Kier alpha value is -1.32. The van der Waals surface area contributed by atoms with Crippen LogP contribution in [0.3, 0.4) is 0 Å². The van der Waals surface area contributed by atoms with Gasteiger partial charge in [0.2, 0.25) is 0 Å². The first-order chi connectivity index (χ1) is 6.16. The van der Waals surface area contributed by atoms with Gasteiger partial charge in [-0.2, -0.15) is 0 Å². The van der Waals surface area contributed by atoms with E-state index in [2.05, 4.69) is 4.74 Å². The smallest absolute Gasteiger partial charge is 0.309 e. The van der Waals surface area contributed by atoms with E-state index in [1.54, 1.807) is 6.08 Å². The van der Waals surface area contributed by atoms with Gasteiger partial charge in [0.05, 0.1) is 18.9 Å². The summed E-state index contributed by atoms with van der Waals surface area (Å²) in [5.74, 6) is -2.51. The van der Waals surface area contributed by atoms with E-state index in [0.29, 0.717) is 12.8 Å². The Labute approximate surface area is 76.2 Å². The third kappa shape index (κ3) is 2.08. The van der Waals surface area contributed by atoms with Crippen molar-refractivity contribution in [2.24, 2.45) is 11.8 Å². The second kappa shape index (κ2) is 4.07. The van der Waals surface area contributed by atoms with E-state index in [4.69, 9.17) is 5.11 Å². The summed E-state index contributed by atoms with van der Waals surface area (Å²) in [4.78, 5) is 21.9. The van der Waals surface area contributed by atoms with E-state index < -0.39 is 23.8 Å². The Morgan fingerprint density at radius 2 is 1.85 bits per heavy atom. The molecule has 72 valence electrons. The number of esters is 1. The summed E-state index contributed by atoms with van der Waals surface area (Å²) in [6.45, 7) is 0. The van der Waals surface area contributed by atoms with Crippen LogP contribution in [0.25, 0.3) is 0 Å². The van der Waals surface area contributed by atoms with Crippen LogP contribution in [0.5, 0.6) is 0 Å². The highest BCUT2D eigenvalue weighted by Gasteiger charge is 2.34. The van der Waals surface area contributed by atoms with Gasteiger partial charge in [0.1, 0.15) is 0 Å². The second-order valence-electron chi connectivity index (χ2n) is 3.02. The molecule has 1 aliphatic carbocycles. The number of hydrogen-bond acceptors (Lipinski definition) is 3. The molecule has 0 aromatic rings. The maximum atomic E-state index is 11.2. The van der Waals surface area contributed by atoms with Gasteiger partial charge < -0.3 is 9.84 Å². The predicted octanol–water partition coefficient (Wildman–Crippen LogP) is 0.826. The van der Waals surface area contributed by atoms with Gasteiger partial charge in [-0.15, -0.1) is 0 Å². The number of methoxy groups -OCH3 is 1. The van der Waals surface area contributed by atoms with Crippen molar-refractivity contribution in [2.45, 2.75) is 12.8 Å². The topological polar surface area (TPSA) is 63.6 Å². The number of carbonyl (C=O) groups excluding carboxylic acids is 1. The number of rotatable bonds is 2. The van der Waals surface area contributed by atoms with Crippen LogP contribution in [-0.4, -0.2) is 24.2 Å². The van der Waals surface area contributed by atoms with E-state index in [1.807, 2.05) is 6.08 Å². The molecule has 0 saturated carbocycles. The molecule has 1 aliphatic rings. The molecule has 0 radical (unpaired) electrons.